The molecule has 0 radical (unpaired) electrons. The van der Waals surface area contributed by atoms with Crippen LogP contribution in [0.2, 0.25) is 0 Å². The predicted molar refractivity (Wildman–Crippen MR) is 143 cm³/mol. The van der Waals surface area contributed by atoms with Crippen molar-refractivity contribution in [3.05, 3.63) is 70.6 Å². The number of aliphatic hydroxyl groups excluding tert-OH is 3. The number of carbonyl (C=O) groups is 1. The molecule has 3 N–H and O–H groups in total. The van der Waals surface area contributed by atoms with Gasteiger partial charge < -0.3 is 29.5 Å². The maximum atomic E-state index is 12.5. The number of aliphatic hydroxyl groups is 3. The summed E-state index contributed by atoms with van der Waals surface area (Å²) in [6.45, 7) is 2.18. The van der Waals surface area contributed by atoms with Gasteiger partial charge in [-0.1, -0.05) is 37.3 Å². The van der Waals surface area contributed by atoms with Crippen LogP contribution in [0.5, 0.6) is 0 Å². The molecular formula is C31H39NO7. The zero-order chi connectivity index (χ0) is 27.3. The van der Waals surface area contributed by atoms with Gasteiger partial charge in [-0.3, -0.25) is 4.90 Å². The molecule has 0 aromatic heterocycles. The summed E-state index contributed by atoms with van der Waals surface area (Å²) in [5.74, 6) is 1.45. The number of cyclic esters (lactones) is 1. The van der Waals surface area contributed by atoms with Crippen LogP contribution in [-0.2, 0) is 19.0 Å². The van der Waals surface area contributed by atoms with E-state index in [1.54, 1.807) is 0 Å². The molecule has 1 saturated carbocycles. The van der Waals surface area contributed by atoms with E-state index in [9.17, 15) is 20.1 Å². The van der Waals surface area contributed by atoms with Gasteiger partial charge in [-0.2, -0.15) is 0 Å². The third-order valence-corrected chi connectivity index (χ3v) is 9.86. The molecule has 210 valence electrons. The van der Waals surface area contributed by atoms with Crippen LogP contribution >= 0.6 is 0 Å². The first-order valence-electron chi connectivity index (χ1n) is 14.3. The number of hydrogen-bond donors (Lipinski definition) is 3. The third kappa shape index (κ3) is 4.24. The Labute approximate surface area is 229 Å². The molecule has 1 aliphatic carbocycles. The first kappa shape index (κ1) is 26.6. The van der Waals surface area contributed by atoms with Gasteiger partial charge in [0.15, 0.2) is 11.5 Å². The number of methoxy groups -OCH3 is 1. The Balaban J connectivity index is 1.42. The van der Waals surface area contributed by atoms with Crippen molar-refractivity contribution in [3.63, 3.8) is 0 Å². The van der Waals surface area contributed by atoms with Crippen LogP contribution in [0, 0.1) is 23.7 Å². The second-order valence-corrected chi connectivity index (χ2v) is 11.5. The second kappa shape index (κ2) is 10.7. The summed E-state index contributed by atoms with van der Waals surface area (Å²) >= 11 is 0. The standard InChI is InChI=1S/C31H39NO7/c1-3-24(35)27-19-12-11-18(17-8-5-4-6-9-17)20(19)14-23-26-21(15-33)29(38-25(26)10-7-13-32(23)27)30-28(37-2)22(16-34)31(36)39-30/h4-6,8-10,18-21,23-24,26-27,33-35H,3,7,11-16H2,1-2H3/b30-29+/t18-,19+,20-,21+,23+,24+,26-,27+/m1/s1. The maximum absolute atomic E-state index is 12.5. The van der Waals surface area contributed by atoms with Crippen molar-refractivity contribution in [1.29, 1.82) is 0 Å². The highest BCUT2D eigenvalue weighted by Gasteiger charge is 2.57. The minimum atomic E-state index is -0.664. The van der Waals surface area contributed by atoms with Crippen LogP contribution < -0.4 is 0 Å². The summed E-state index contributed by atoms with van der Waals surface area (Å²) in [7, 11) is 1.43. The Morgan fingerprint density at radius 1 is 1.13 bits per heavy atom. The number of benzene rings is 1. The SMILES string of the molecule is CC[C@H](O)[C@@H]1[C@H]2CC[C@H](c3ccccc3)[C@H]2C[C@H]2[C@@H]3C(=CCCN12)O/C(=C1/OC(=O)C(CO)=C1OC)[C@H]3CO. The predicted octanol–water partition coefficient (Wildman–Crippen LogP) is 3.21. The van der Waals surface area contributed by atoms with E-state index in [4.69, 9.17) is 14.2 Å². The smallest absolute Gasteiger partial charge is 0.345 e. The average Bonchev–Trinajstić information content (AvgIpc) is 3.61. The van der Waals surface area contributed by atoms with Gasteiger partial charge in [0.25, 0.3) is 0 Å². The average molecular weight is 538 g/mol. The number of nitrogens with zero attached hydrogens (tertiary/aromatic N) is 1. The Bertz CT molecular complexity index is 1190. The van der Waals surface area contributed by atoms with Crippen LogP contribution in [0.25, 0.3) is 0 Å². The molecule has 0 unspecified atom stereocenters. The van der Waals surface area contributed by atoms with Crippen LogP contribution in [0.1, 0.15) is 50.5 Å². The lowest BCUT2D eigenvalue weighted by Crippen LogP contribution is -2.60. The van der Waals surface area contributed by atoms with Gasteiger partial charge in [0, 0.05) is 24.5 Å². The van der Waals surface area contributed by atoms with Gasteiger partial charge in [-0.25, -0.2) is 4.79 Å². The fourth-order valence-electron chi connectivity index (χ4n) is 8.25. The molecular weight excluding hydrogens is 498 g/mol. The van der Waals surface area contributed by atoms with Crippen molar-refractivity contribution in [1.82, 2.24) is 4.90 Å². The largest absolute Gasteiger partial charge is 0.492 e. The normalized spacial score (nSPS) is 36.9. The molecule has 8 nitrogen and oxygen atoms in total. The van der Waals surface area contributed by atoms with Crippen LogP contribution in [0.15, 0.2) is 65.0 Å². The lowest BCUT2D eigenvalue weighted by atomic mass is 9.68. The quantitative estimate of drug-likeness (QED) is 0.475. The fraction of sp³-hybridized carbons (Fsp3) is 0.581. The molecule has 6 rings (SSSR count). The topological polar surface area (TPSA) is 109 Å². The number of piperidine rings is 1. The van der Waals surface area contributed by atoms with E-state index < -0.39 is 24.6 Å². The number of esters is 1. The Morgan fingerprint density at radius 3 is 2.62 bits per heavy atom. The number of fused-ring (bicyclic) bond motifs is 4. The van der Waals surface area contributed by atoms with Crippen molar-refractivity contribution >= 4 is 5.97 Å². The molecule has 8 heteroatoms. The first-order valence-corrected chi connectivity index (χ1v) is 14.3. The Hall–Kier alpha value is -2.65. The maximum Gasteiger partial charge on any atom is 0.345 e. The van der Waals surface area contributed by atoms with Crippen LogP contribution in [-0.4, -0.2) is 71.2 Å². The number of ether oxygens (including phenoxy) is 3. The molecule has 0 spiro atoms. The van der Waals surface area contributed by atoms with E-state index in [-0.39, 0.29) is 41.7 Å². The summed E-state index contributed by atoms with van der Waals surface area (Å²) in [6.07, 6.45) is 6.26. The van der Waals surface area contributed by atoms with Gasteiger partial charge in [-0.15, -0.1) is 0 Å². The van der Waals surface area contributed by atoms with Gasteiger partial charge >= 0.3 is 5.97 Å². The highest BCUT2D eigenvalue weighted by molar-refractivity contribution is 5.94. The summed E-state index contributed by atoms with van der Waals surface area (Å²) in [4.78, 5) is 15.0. The van der Waals surface area contributed by atoms with E-state index in [0.717, 1.165) is 38.0 Å². The van der Waals surface area contributed by atoms with Crippen LogP contribution in [0.4, 0.5) is 0 Å². The second-order valence-electron chi connectivity index (χ2n) is 11.5. The molecule has 4 heterocycles. The lowest BCUT2D eigenvalue weighted by Gasteiger charge is -2.52. The zero-order valence-corrected chi connectivity index (χ0v) is 22.7. The van der Waals surface area contributed by atoms with Gasteiger partial charge in [-0.05, 0) is 61.5 Å². The van der Waals surface area contributed by atoms with E-state index in [0.29, 0.717) is 29.9 Å². The molecule has 39 heavy (non-hydrogen) atoms. The molecule has 3 fully saturated rings. The molecule has 1 aromatic carbocycles. The van der Waals surface area contributed by atoms with E-state index in [1.807, 2.05) is 0 Å². The van der Waals surface area contributed by atoms with Crippen molar-refractivity contribution in [2.24, 2.45) is 23.7 Å². The molecule has 0 amide bonds. The highest BCUT2D eigenvalue weighted by atomic mass is 16.6. The molecule has 1 aromatic rings. The monoisotopic (exact) mass is 537 g/mol. The van der Waals surface area contributed by atoms with Crippen LogP contribution in [0.3, 0.4) is 0 Å². The molecule has 5 aliphatic rings. The molecule has 4 aliphatic heterocycles. The van der Waals surface area contributed by atoms with Crippen molar-refractivity contribution in [2.45, 2.75) is 63.1 Å². The van der Waals surface area contributed by atoms with Crippen molar-refractivity contribution in [2.75, 3.05) is 26.9 Å². The molecule has 2 saturated heterocycles. The minimum Gasteiger partial charge on any atom is -0.492 e. The van der Waals surface area contributed by atoms with E-state index in [2.05, 4.69) is 48.2 Å². The summed E-state index contributed by atoms with van der Waals surface area (Å²) < 4.78 is 17.4. The summed E-state index contributed by atoms with van der Waals surface area (Å²) in [6, 6.07) is 10.8. The minimum absolute atomic E-state index is 0.0380. The van der Waals surface area contributed by atoms with Gasteiger partial charge in [0.1, 0.15) is 11.3 Å². The molecule has 8 atom stereocenters. The lowest BCUT2D eigenvalue weighted by molar-refractivity contribution is -0.134. The highest BCUT2D eigenvalue weighted by Crippen LogP contribution is 2.57. The first-order chi connectivity index (χ1) is 19.0. The number of rotatable bonds is 6. The number of hydrogen-bond acceptors (Lipinski definition) is 8. The summed E-state index contributed by atoms with van der Waals surface area (Å²) in [5, 5.41) is 31.9. The van der Waals surface area contributed by atoms with Gasteiger partial charge in [0.2, 0.25) is 5.76 Å². The van der Waals surface area contributed by atoms with Crippen molar-refractivity contribution in [3.8, 4) is 0 Å². The van der Waals surface area contributed by atoms with E-state index >= 15 is 0 Å². The third-order valence-electron chi connectivity index (χ3n) is 9.86. The van der Waals surface area contributed by atoms with Gasteiger partial charge in [0.05, 0.1) is 32.3 Å². The molecule has 0 bridgehead atoms. The summed E-state index contributed by atoms with van der Waals surface area (Å²) in [5.41, 5.74) is 1.41. The van der Waals surface area contributed by atoms with E-state index in [1.165, 1.54) is 12.7 Å². The van der Waals surface area contributed by atoms with Crippen molar-refractivity contribution < 1.29 is 34.3 Å². The fourth-order valence-corrected chi connectivity index (χ4v) is 8.25. The zero-order valence-electron chi connectivity index (χ0n) is 22.7. The Kier molecular flexibility index (Phi) is 7.31. The number of carbonyl (C=O) groups excluding carboxylic acids is 1. The Morgan fingerprint density at radius 2 is 1.92 bits per heavy atom.